The van der Waals surface area contributed by atoms with E-state index >= 15 is 0 Å². The zero-order chi connectivity index (χ0) is 13.4. The maximum Gasteiger partial charge on any atom is 0.238 e. The number of aliphatic hydroxyl groups excluding tert-OH is 1. The number of benzene rings is 1. The van der Waals surface area contributed by atoms with Gasteiger partial charge in [-0.15, -0.1) is 0 Å². The zero-order valence-corrected chi connectivity index (χ0v) is 11.6. The Kier molecular flexibility index (Phi) is 6.48. The van der Waals surface area contributed by atoms with Crippen LogP contribution in [0.5, 0.6) is 0 Å². The number of nitrogens with one attached hydrogen (secondary N) is 1. The van der Waals surface area contributed by atoms with Crippen LogP contribution in [0.1, 0.15) is 6.42 Å². The first-order chi connectivity index (χ1) is 8.54. The van der Waals surface area contributed by atoms with Crippen LogP contribution in [-0.4, -0.2) is 38.2 Å². The van der Waals surface area contributed by atoms with Gasteiger partial charge in [-0.05, 0) is 36.4 Å². The Morgan fingerprint density at radius 3 is 2.44 bits per heavy atom. The Morgan fingerprint density at radius 1 is 1.22 bits per heavy atom. The van der Waals surface area contributed by atoms with Crippen LogP contribution in [0.15, 0.2) is 29.2 Å². The highest BCUT2D eigenvalue weighted by Gasteiger charge is 2.06. The molecule has 1 aromatic rings. The van der Waals surface area contributed by atoms with Gasteiger partial charge < -0.3 is 10.4 Å². The molecule has 0 saturated carbocycles. The number of thioether (sulfide) groups is 1. The predicted molar refractivity (Wildman–Crippen MR) is 75.3 cm³/mol. The third-order valence-corrected chi connectivity index (χ3v) is 4.20. The summed E-state index contributed by atoms with van der Waals surface area (Å²) in [4.78, 5) is 0.116. The number of primary sulfonamides is 1. The van der Waals surface area contributed by atoms with Gasteiger partial charge in [0.15, 0.2) is 0 Å². The molecule has 0 fully saturated rings. The van der Waals surface area contributed by atoms with Crippen molar-refractivity contribution in [3.8, 4) is 0 Å². The van der Waals surface area contributed by atoms with E-state index in [9.17, 15) is 8.42 Å². The molecule has 0 amide bonds. The van der Waals surface area contributed by atoms with Crippen LogP contribution >= 0.6 is 11.8 Å². The maximum atomic E-state index is 11.0. The molecule has 0 bridgehead atoms. The van der Waals surface area contributed by atoms with Crippen molar-refractivity contribution < 1.29 is 13.5 Å². The number of hydrogen-bond donors (Lipinski definition) is 3. The van der Waals surface area contributed by atoms with Gasteiger partial charge >= 0.3 is 0 Å². The SMILES string of the molecule is NS(=O)(=O)c1ccc(NCCSCCCO)cc1. The Bertz CT molecular complexity index is 446. The minimum absolute atomic E-state index is 0.116. The fourth-order valence-corrected chi connectivity index (χ4v) is 2.60. The molecule has 0 aliphatic rings. The highest BCUT2D eigenvalue weighted by molar-refractivity contribution is 7.99. The van der Waals surface area contributed by atoms with Crippen LogP contribution in [0.3, 0.4) is 0 Å². The summed E-state index contributed by atoms with van der Waals surface area (Å²) in [5.74, 6) is 1.89. The van der Waals surface area contributed by atoms with Crippen LogP contribution in [0.2, 0.25) is 0 Å². The van der Waals surface area contributed by atoms with E-state index in [1.807, 2.05) is 0 Å². The predicted octanol–water partition coefficient (Wildman–Crippen LogP) is 0.861. The molecule has 0 heterocycles. The van der Waals surface area contributed by atoms with E-state index in [1.54, 1.807) is 23.9 Å². The third kappa shape index (κ3) is 5.72. The zero-order valence-electron chi connectivity index (χ0n) is 10.0. The molecule has 4 N–H and O–H groups in total. The largest absolute Gasteiger partial charge is 0.396 e. The van der Waals surface area contributed by atoms with Crippen molar-refractivity contribution in [2.75, 3.05) is 30.0 Å². The molecule has 1 rings (SSSR count). The summed E-state index contributed by atoms with van der Waals surface area (Å²) in [6.45, 7) is 1.03. The van der Waals surface area contributed by atoms with Crippen molar-refractivity contribution in [2.45, 2.75) is 11.3 Å². The number of rotatable bonds is 8. The molecule has 102 valence electrons. The van der Waals surface area contributed by atoms with E-state index in [4.69, 9.17) is 10.2 Å². The lowest BCUT2D eigenvalue weighted by molar-refractivity contribution is 0.296. The summed E-state index contributed by atoms with van der Waals surface area (Å²) < 4.78 is 22.1. The average Bonchev–Trinajstić information content (AvgIpc) is 2.33. The lowest BCUT2D eigenvalue weighted by atomic mass is 10.3. The quantitative estimate of drug-likeness (QED) is 0.618. The highest BCUT2D eigenvalue weighted by Crippen LogP contribution is 2.12. The molecule has 0 aliphatic heterocycles. The van der Waals surface area contributed by atoms with E-state index < -0.39 is 10.0 Å². The third-order valence-electron chi connectivity index (χ3n) is 2.21. The lowest BCUT2D eigenvalue weighted by Crippen LogP contribution is -2.12. The Hall–Kier alpha value is -0.760. The smallest absolute Gasteiger partial charge is 0.238 e. The minimum atomic E-state index is -3.61. The number of aliphatic hydroxyl groups is 1. The molecule has 0 aromatic heterocycles. The average molecular weight is 290 g/mol. The molecular formula is C11H18N2O3S2. The van der Waals surface area contributed by atoms with Crippen molar-refractivity contribution in [3.63, 3.8) is 0 Å². The molecule has 1 aromatic carbocycles. The molecule has 0 saturated heterocycles. The van der Waals surface area contributed by atoms with Crippen LogP contribution in [0.4, 0.5) is 5.69 Å². The van der Waals surface area contributed by atoms with E-state index in [1.165, 1.54) is 12.1 Å². The molecule has 0 unspecified atom stereocenters. The molecule has 0 radical (unpaired) electrons. The highest BCUT2D eigenvalue weighted by atomic mass is 32.2. The second kappa shape index (κ2) is 7.63. The second-order valence-electron chi connectivity index (χ2n) is 3.69. The van der Waals surface area contributed by atoms with Crippen LogP contribution in [-0.2, 0) is 10.0 Å². The summed E-state index contributed by atoms with van der Waals surface area (Å²) in [5.41, 5.74) is 0.866. The van der Waals surface area contributed by atoms with Gasteiger partial charge in [-0.2, -0.15) is 11.8 Å². The standard InChI is InChI=1S/C11H18N2O3S2/c12-18(15,16)11-4-2-10(3-5-11)13-6-9-17-8-1-7-14/h2-5,13-14H,1,6-9H2,(H2,12,15,16). The van der Waals surface area contributed by atoms with Gasteiger partial charge in [-0.1, -0.05) is 0 Å². The Morgan fingerprint density at radius 2 is 1.89 bits per heavy atom. The minimum Gasteiger partial charge on any atom is -0.396 e. The van der Waals surface area contributed by atoms with Gasteiger partial charge in [-0.25, -0.2) is 13.6 Å². The van der Waals surface area contributed by atoms with Gasteiger partial charge in [0.05, 0.1) is 4.90 Å². The monoisotopic (exact) mass is 290 g/mol. The van der Waals surface area contributed by atoms with Crippen molar-refractivity contribution in [3.05, 3.63) is 24.3 Å². The van der Waals surface area contributed by atoms with Gasteiger partial charge in [0.1, 0.15) is 0 Å². The molecule has 0 spiro atoms. The van der Waals surface area contributed by atoms with Gasteiger partial charge in [0.25, 0.3) is 0 Å². The summed E-state index contributed by atoms with van der Waals surface area (Å²) >= 11 is 1.77. The summed E-state index contributed by atoms with van der Waals surface area (Å²) in [6.07, 6.45) is 0.813. The summed E-state index contributed by atoms with van der Waals surface area (Å²) in [5, 5.41) is 16.8. The number of anilines is 1. The number of sulfonamides is 1. The first kappa shape index (κ1) is 15.3. The van der Waals surface area contributed by atoms with Crippen LogP contribution in [0.25, 0.3) is 0 Å². The van der Waals surface area contributed by atoms with Gasteiger partial charge in [-0.3, -0.25) is 0 Å². The fourth-order valence-electron chi connectivity index (χ4n) is 1.30. The Balaban J connectivity index is 2.32. The van der Waals surface area contributed by atoms with Crippen LogP contribution < -0.4 is 10.5 Å². The van der Waals surface area contributed by atoms with Crippen molar-refractivity contribution in [1.29, 1.82) is 0 Å². The van der Waals surface area contributed by atoms with E-state index in [2.05, 4.69) is 5.32 Å². The van der Waals surface area contributed by atoms with Gasteiger partial charge in [0.2, 0.25) is 10.0 Å². The van der Waals surface area contributed by atoms with E-state index in [-0.39, 0.29) is 11.5 Å². The normalized spacial score (nSPS) is 11.4. The molecule has 0 aliphatic carbocycles. The number of nitrogens with two attached hydrogens (primary N) is 1. The topological polar surface area (TPSA) is 92.4 Å². The molecule has 5 nitrogen and oxygen atoms in total. The first-order valence-electron chi connectivity index (χ1n) is 5.59. The van der Waals surface area contributed by atoms with Gasteiger partial charge in [0, 0.05) is 24.6 Å². The van der Waals surface area contributed by atoms with Crippen LogP contribution in [0, 0.1) is 0 Å². The number of hydrogen-bond acceptors (Lipinski definition) is 5. The van der Waals surface area contributed by atoms with E-state index in [0.29, 0.717) is 0 Å². The lowest BCUT2D eigenvalue weighted by Gasteiger charge is -2.06. The van der Waals surface area contributed by atoms with E-state index in [0.717, 1.165) is 30.2 Å². The molecule has 7 heteroatoms. The summed E-state index contributed by atoms with van der Waals surface area (Å²) in [6, 6.07) is 6.35. The maximum absolute atomic E-state index is 11.0. The van der Waals surface area contributed by atoms with Crippen molar-refractivity contribution >= 4 is 27.5 Å². The molecular weight excluding hydrogens is 272 g/mol. The first-order valence-corrected chi connectivity index (χ1v) is 8.29. The fraction of sp³-hybridized carbons (Fsp3) is 0.455. The molecule has 18 heavy (non-hydrogen) atoms. The van der Waals surface area contributed by atoms with Crippen molar-refractivity contribution in [2.24, 2.45) is 5.14 Å². The summed E-state index contributed by atoms with van der Waals surface area (Å²) in [7, 11) is -3.61. The Labute approximate surface area is 112 Å². The second-order valence-corrected chi connectivity index (χ2v) is 6.47. The van der Waals surface area contributed by atoms with Crippen molar-refractivity contribution in [1.82, 2.24) is 0 Å². The molecule has 0 atom stereocenters.